The molecule has 1 aromatic heterocycles. The van der Waals surface area contributed by atoms with E-state index in [1.54, 1.807) is 11.3 Å². The summed E-state index contributed by atoms with van der Waals surface area (Å²) in [6.07, 6.45) is 3.04. The van der Waals surface area contributed by atoms with Crippen molar-refractivity contribution in [2.24, 2.45) is 5.73 Å². The van der Waals surface area contributed by atoms with Crippen LogP contribution in [0.5, 0.6) is 0 Å². The second kappa shape index (κ2) is 4.42. The van der Waals surface area contributed by atoms with Crippen molar-refractivity contribution in [3.63, 3.8) is 0 Å². The summed E-state index contributed by atoms with van der Waals surface area (Å²) in [5, 5.41) is 0. The fourth-order valence-corrected chi connectivity index (χ4v) is 3.13. The Morgan fingerprint density at radius 1 is 1.67 bits per heavy atom. The Labute approximate surface area is 99.4 Å². The third-order valence-electron chi connectivity index (χ3n) is 3.08. The van der Waals surface area contributed by atoms with E-state index in [4.69, 9.17) is 22.1 Å². The lowest BCUT2D eigenvalue weighted by Crippen LogP contribution is -2.46. The minimum atomic E-state index is -0.142. The van der Waals surface area contributed by atoms with Crippen molar-refractivity contribution < 1.29 is 4.74 Å². The van der Waals surface area contributed by atoms with Gasteiger partial charge in [0.05, 0.1) is 9.94 Å². The zero-order valence-electron chi connectivity index (χ0n) is 8.83. The molecule has 1 fully saturated rings. The zero-order chi connectivity index (χ0) is 10.9. The molecule has 2 nitrogen and oxygen atoms in total. The minimum Gasteiger partial charge on any atom is -0.374 e. The number of thiophene rings is 1. The standard InChI is InChI=1S/C11H16ClNOS/c1-11(5-2-6-14-11)9(13)7-8-3-4-10(12)15-8/h3-4,9H,2,5-7,13H2,1H3. The summed E-state index contributed by atoms with van der Waals surface area (Å²) in [6.45, 7) is 2.95. The highest BCUT2D eigenvalue weighted by Gasteiger charge is 2.36. The van der Waals surface area contributed by atoms with E-state index in [1.165, 1.54) is 4.88 Å². The van der Waals surface area contributed by atoms with Crippen LogP contribution in [0.4, 0.5) is 0 Å². The van der Waals surface area contributed by atoms with Crippen LogP contribution in [-0.4, -0.2) is 18.2 Å². The Balaban J connectivity index is 1.99. The minimum absolute atomic E-state index is 0.0646. The predicted molar refractivity (Wildman–Crippen MR) is 64.6 cm³/mol. The number of rotatable bonds is 3. The van der Waals surface area contributed by atoms with Crippen LogP contribution in [0.2, 0.25) is 4.34 Å². The lowest BCUT2D eigenvalue weighted by Gasteiger charge is -2.30. The van der Waals surface area contributed by atoms with Crippen molar-refractivity contribution in [2.75, 3.05) is 6.61 Å². The smallest absolute Gasteiger partial charge is 0.0931 e. The average Bonchev–Trinajstić information content (AvgIpc) is 2.76. The molecular weight excluding hydrogens is 230 g/mol. The van der Waals surface area contributed by atoms with E-state index in [2.05, 4.69) is 6.92 Å². The van der Waals surface area contributed by atoms with E-state index < -0.39 is 0 Å². The highest BCUT2D eigenvalue weighted by molar-refractivity contribution is 7.16. The molecule has 1 aliphatic heterocycles. The first-order chi connectivity index (χ1) is 7.10. The molecule has 0 radical (unpaired) electrons. The van der Waals surface area contributed by atoms with Gasteiger partial charge < -0.3 is 10.5 Å². The van der Waals surface area contributed by atoms with Gasteiger partial charge in [-0.1, -0.05) is 11.6 Å². The first-order valence-electron chi connectivity index (χ1n) is 5.24. The van der Waals surface area contributed by atoms with Gasteiger partial charge in [0.2, 0.25) is 0 Å². The summed E-state index contributed by atoms with van der Waals surface area (Å²) in [4.78, 5) is 1.24. The van der Waals surface area contributed by atoms with Crippen LogP contribution in [-0.2, 0) is 11.2 Å². The van der Waals surface area contributed by atoms with Gasteiger partial charge in [-0.2, -0.15) is 0 Å². The van der Waals surface area contributed by atoms with Gasteiger partial charge in [0.15, 0.2) is 0 Å². The quantitative estimate of drug-likeness (QED) is 0.889. The number of hydrogen-bond acceptors (Lipinski definition) is 3. The first kappa shape index (κ1) is 11.4. The molecule has 84 valence electrons. The molecule has 2 N–H and O–H groups in total. The summed E-state index contributed by atoms with van der Waals surface area (Å²) in [7, 11) is 0. The number of nitrogens with two attached hydrogens (primary N) is 1. The first-order valence-corrected chi connectivity index (χ1v) is 6.43. The number of halogens is 1. The molecule has 0 aromatic carbocycles. The number of ether oxygens (including phenoxy) is 1. The summed E-state index contributed by atoms with van der Waals surface area (Å²) < 4.78 is 6.56. The summed E-state index contributed by atoms with van der Waals surface area (Å²) in [5.41, 5.74) is 6.05. The maximum atomic E-state index is 6.19. The van der Waals surface area contributed by atoms with Gasteiger partial charge in [0.25, 0.3) is 0 Å². The molecule has 0 bridgehead atoms. The van der Waals surface area contributed by atoms with E-state index in [-0.39, 0.29) is 11.6 Å². The second-order valence-electron chi connectivity index (χ2n) is 4.28. The molecule has 2 unspecified atom stereocenters. The highest BCUT2D eigenvalue weighted by Crippen LogP contribution is 2.31. The SMILES string of the molecule is CC1(C(N)Cc2ccc(Cl)s2)CCCO1. The fourth-order valence-electron chi connectivity index (χ4n) is 1.99. The van der Waals surface area contributed by atoms with E-state index >= 15 is 0 Å². The van der Waals surface area contributed by atoms with Crippen LogP contribution in [0, 0.1) is 0 Å². The van der Waals surface area contributed by atoms with Gasteiger partial charge in [0, 0.05) is 17.5 Å². The van der Waals surface area contributed by atoms with E-state index in [0.717, 1.165) is 30.2 Å². The molecule has 0 amide bonds. The van der Waals surface area contributed by atoms with Crippen LogP contribution in [0.15, 0.2) is 12.1 Å². The number of hydrogen-bond donors (Lipinski definition) is 1. The van der Waals surface area contributed by atoms with Gasteiger partial charge in [-0.25, -0.2) is 0 Å². The van der Waals surface area contributed by atoms with Gasteiger partial charge in [0.1, 0.15) is 0 Å². The molecule has 1 saturated heterocycles. The Morgan fingerprint density at radius 2 is 2.47 bits per heavy atom. The van der Waals surface area contributed by atoms with Crippen molar-refractivity contribution in [3.05, 3.63) is 21.3 Å². The van der Waals surface area contributed by atoms with Crippen molar-refractivity contribution in [2.45, 2.75) is 37.8 Å². The van der Waals surface area contributed by atoms with E-state index in [0.29, 0.717) is 0 Å². The third kappa shape index (κ3) is 2.53. The van der Waals surface area contributed by atoms with Crippen LogP contribution >= 0.6 is 22.9 Å². The van der Waals surface area contributed by atoms with Crippen molar-refractivity contribution in [1.82, 2.24) is 0 Å². The second-order valence-corrected chi connectivity index (χ2v) is 6.08. The molecule has 4 heteroatoms. The third-order valence-corrected chi connectivity index (χ3v) is 4.34. The summed E-state index contributed by atoms with van der Waals surface area (Å²) in [6, 6.07) is 4.03. The van der Waals surface area contributed by atoms with Crippen molar-refractivity contribution >= 4 is 22.9 Å². The normalized spacial score (nSPS) is 28.2. The van der Waals surface area contributed by atoms with Crippen LogP contribution in [0.25, 0.3) is 0 Å². The molecular formula is C11H16ClNOS. The van der Waals surface area contributed by atoms with Crippen LogP contribution in [0.1, 0.15) is 24.6 Å². The monoisotopic (exact) mass is 245 g/mol. The highest BCUT2D eigenvalue weighted by atomic mass is 35.5. The Hall–Kier alpha value is -0.0900. The van der Waals surface area contributed by atoms with Gasteiger partial charge in [-0.15, -0.1) is 11.3 Å². The molecule has 0 spiro atoms. The molecule has 2 atom stereocenters. The van der Waals surface area contributed by atoms with Crippen LogP contribution in [0.3, 0.4) is 0 Å². The predicted octanol–water partition coefficient (Wildman–Crippen LogP) is 2.84. The maximum absolute atomic E-state index is 6.19. The van der Waals surface area contributed by atoms with Crippen molar-refractivity contribution in [3.8, 4) is 0 Å². The zero-order valence-corrected chi connectivity index (χ0v) is 10.4. The Morgan fingerprint density at radius 3 is 3.00 bits per heavy atom. The summed E-state index contributed by atoms with van der Waals surface area (Å²) >= 11 is 7.49. The van der Waals surface area contributed by atoms with Gasteiger partial charge in [-0.3, -0.25) is 0 Å². The topological polar surface area (TPSA) is 35.2 Å². The Bertz CT molecular complexity index is 333. The molecule has 1 aromatic rings. The van der Waals surface area contributed by atoms with Gasteiger partial charge in [-0.05, 0) is 38.3 Å². The molecule has 2 rings (SSSR count). The fraction of sp³-hybridized carbons (Fsp3) is 0.636. The molecule has 2 heterocycles. The lowest BCUT2D eigenvalue weighted by molar-refractivity contribution is -0.000718. The van der Waals surface area contributed by atoms with E-state index in [1.807, 2.05) is 12.1 Å². The lowest BCUT2D eigenvalue weighted by atomic mass is 9.91. The molecule has 1 aliphatic rings. The van der Waals surface area contributed by atoms with E-state index in [9.17, 15) is 0 Å². The van der Waals surface area contributed by atoms with Crippen molar-refractivity contribution in [1.29, 1.82) is 0 Å². The van der Waals surface area contributed by atoms with Crippen LogP contribution < -0.4 is 5.73 Å². The largest absolute Gasteiger partial charge is 0.374 e. The molecule has 0 saturated carbocycles. The molecule has 0 aliphatic carbocycles. The maximum Gasteiger partial charge on any atom is 0.0931 e. The Kier molecular flexibility index (Phi) is 3.36. The molecule has 15 heavy (non-hydrogen) atoms. The average molecular weight is 246 g/mol. The summed E-state index contributed by atoms with van der Waals surface area (Å²) in [5.74, 6) is 0. The van der Waals surface area contributed by atoms with Gasteiger partial charge >= 0.3 is 0 Å².